The first-order valence-corrected chi connectivity index (χ1v) is 11.9. The number of benzene rings is 1. The van der Waals surface area contributed by atoms with Crippen molar-refractivity contribution in [2.24, 2.45) is 0 Å². The highest BCUT2D eigenvalue weighted by atomic mass is 16.5. The Morgan fingerprint density at radius 3 is 2.42 bits per heavy atom. The summed E-state index contributed by atoms with van der Waals surface area (Å²) in [6.07, 6.45) is 5.15. The average Bonchev–Trinajstić information content (AvgIpc) is 2.88. The van der Waals surface area contributed by atoms with Crippen LogP contribution < -0.4 is 15.1 Å². The Morgan fingerprint density at radius 2 is 1.73 bits per heavy atom. The monoisotopic (exact) mass is 451 g/mol. The summed E-state index contributed by atoms with van der Waals surface area (Å²) in [6, 6.07) is 11.4. The van der Waals surface area contributed by atoms with Gasteiger partial charge in [-0.05, 0) is 62.6 Å². The minimum Gasteiger partial charge on any atom is -0.378 e. The Labute approximate surface area is 195 Å². The van der Waals surface area contributed by atoms with Crippen LogP contribution in [0.1, 0.15) is 36.5 Å². The van der Waals surface area contributed by atoms with E-state index in [0.717, 1.165) is 69.4 Å². The largest absolute Gasteiger partial charge is 0.378 e. The molecular weight excluding hydrogens is 418 g/mol. The number of anilines is 3. The summed E-state index contributed by atoms with van der Waals surface area (Å²) in [5.74, 6) is 0.344. The fraction of sp³-hybridized carbons (Fsp3) is 0.480. The van der Waals surface area contributed by atoms with Crippen LogP contribution in [-0.4, -0.2) is 74.2 Å². The van der Waals surface area contributed by atoms with Crippen LogP contribution in [0.15, 0.2) is 42.6 Å². The predicted molar refractivity (Wildman–Crippen MR) is 130 cm³/mol. The van der Waals surface area contributed by atoms with Gasteiger partial charge in [-0.3, -0.25) is 9.59 Å². The standard InChI is InChI=1S/C25H33N5O3/c1-2-28(25(32)22-7-6-12-26-24(22)30-13-4-3-5-14-30)19-23(31)27-20-8-10-21(11-9-20)29-15-17-33-18-16-29/h6-12H,2-5,13-19H2,1H3,(H,27,31). The molecule has 2 aliphatic heterocycles. The first kappa shape index (κ1) is 23.0. The van der Waals surface area contributed by atoms with Crippen LogP contribution in [0.5, 0.6) is 0 Å². The lowest BCUT2D eigenvalue weighted by molar-refractivity contribution is -0.116. The van der Waals surface area contributed by atoms with Gasteiger partial charge in [0.05, 0.1) is 18.8 Å². The molecule has 2 aromatic rings. The minimum absolute atomic E-state index is 0.00508. The molecule has 2 amide bonds. The number of carbonyl (C=O) groups is 2. The van der Waals surface area contributed by atoms with Crippen molar-refractivity contribution >= 4 is 29.0 Å². The number of nitrogens with zero attached hydrogens (tertiary/aromatic N) is 4. The Balaban J connectivity index is 1.38. The van der Waals surface area contributed by atoms with Gasteiger partial charge in [0.15, 0.2) is 0 Å². The van der Waals surface area contributed by atoms with Crippen molar-refractivity contribution in [2.45, 2.75) is 26.2 Å². The fourth-order valence-corrected chi connectivity index (χ4v) is 4.37. The first-order chi connectivity index (χ1) is 16.2. The van der Waals surface area contributed by atoms with Crippen molar-refractivity contribution in [2.75, 3.05) is 67.6 Å². The van der Waals surface area contributed by atoms with Gasteiger partial charge in [-0.15, -0.1) is 0 Å². The molecule has 2 aliphatic rings. The van der Waals surface area contributed by atoms with Crippen LogP contribution in [0.25, 0.3) is 0 Å². The third-order valence-corrected chi connectivity index (χ3v) is 6.20. The molecule has 0 radical (unpaired) electrons. The van der Waals surface area contributed by atoms with Crippen molar-refractivity contribution in [3.63, 3.8) is 0 Å². The number of hydrogen-bond acceptors (Lipinski definition) is 6. The van der Waals surface area contributed by atoms with E-state index in [9.17, 15) is 9.59 Å². The molecule has 0 unspecified atom stereocenters. The highest BCUT2D eigenvalue weighted by molar-refractivity contribution is 6.02. The van der Waals surface area contributed by atoms with Crippen LogP contribution >= 0.6 is 0 Å². The molecule has 0 atom stereocenters. The van der Waals surface area contributed by atoms with E-state index in [1.54, 1.807) is 17.2 Å². The molecule has 0 bridgehead atoms. The molecule has 1 aromatic heterocycles. The molecule has 0 aliphatic carbocycles. The number of morpholine rings is 1. The SMILES string of the molecule is CCN(CC(=O)Nc1ccc(N2CCOCC2)cc1)C(=O)c1cccnc1N1CCCCC1. The smallest absolute Gasteiger partial charge is 0.258 e. The Morgan fingerprint density at radius 1 is 1.00 bits per heavy atom. The number of ether oxygens (including phenoxy) is 1. The molecule has 3 heterocycles. The van der Waals surface area contributed by atoms with E-state index in [4.69, 9.17) is 4.74 Å². The van der Waals surface area contributed by atoms with Crippen LogP contribution in [-0.2, 0) is 9.53 Å². The number of amides is 2. The second kappa shape index (κ2) is 11.1. The first-order valence-electron chi connectivity index (χ1n) is 11.9. The quantitative estimate of drug-likeness (QED) is 0.697. The number of rotatable bonds is 7. The van der Waals surface area contributed by atoms with E-state index in [1.807, 2.05) is 37.3 Å². The van der Waals surface area contributed by atoms with Crippen molar-refractivity contribution < 1.29 is 14.3 Å². The van der Waals surface area contributed by atoms with Gasteiger partial charge < -0.3 is 24.8 Å². The number of carbonyl (C=O) groups excluding carboxylic acids is 2. The summed E-state index contributed by atoms with van der Waals surface area (Å²) in [5.41, 5.74) is 2.39. The minimum atomic E-state index is -0.215. The zero-order valence-electron chi connectivity index (χ0n) is 19.3. The van der Waals surface area contributed by atoms with Gasteiger partial charge in [-0.25, -0.2) is 4.98 Å². The summed E-state index contributed by atoms with van der Waals surface area (Å²) in [6.45, 7) is 7.34. The lowest BCUT2D eigenvalue weighted by atomic mass is 10.1. The molecule has 4 rings (SSSR count). The van der Waals surface area contributed by atoms with Gasteiger partial charge in [-0.1, -0.05) is 0 Å². The lowest BCUT2D eigenvalue weighted by Gasteiger charge is -2.30. The van der Waals surface area contributed by atoms with E-state index >= 15 is 0 Å². The molecule has 8 heteroatoms. The van der Waals surface area contributed by atoms with Gasteiger partial charge in [0.25, 0.3) is 5.91 Å². The van der Waals surface area contributed by atoms with Crippen LogP contribution in [0.4, 0.5) is 17.2 Å². The second-order valence-corrected chi connectivity index (χ2v) is 8.44. The topological polar surface area (TPSA) is 78.0 Å². The third kappa shape index (κ3) is 5.82. The number of aromatic nitrogens is 1. The van der Waals surface area contributed by atoms with Crippen LogP contribution in [0.2, 0.25) is 0 Å². The molecule has 2 saturated heterocycles. The van der Waals surface area contributed by atoms with Gasteiger partial charge in [0, 0.05) is 50.3 Å². The van der Waals surface area contributed by atoms with E-state index in [-0.39, 0.29) is 18.4 Å². The lowest BCUT2D eigenvalue weighted by Crippen LogP contribution is -2.39. The number of piperidine rings is 1. The summed E-state index contributed by atoms with van der Waals surface area (Å²) >= 11 is 0. The number of pyridine rings is 1. The van der Waals surface area contributed by atoms with Crippen molar-refractivity contribution in [1.29, 1.82) is 0 Å². The molecule has 33 heavy (non-hydrogen) atoms. The van der Waals surface area contributed by atoms with Gasteiger partial charge >= 0.3 is 0 Å². The Bertz CT molecular complexity index is 937. The summed E-state index contributed by atoms with van der Waals surface area (Å²) in [7, 11) is 0. The van der Waals surface area contributed by atoms with Gasteiger partial charge in [-0.2, -0.15) is 0 Å². The fourth-order valence-electron chi connectivity index (χ4n) is 4.37. The predicted octanol–water partition coefficient (Wildman–Crippen LogP) is 3.01. The van der Waals surface area contributed by atoms with E-state index < -0.39 is 0 Å². The van der Waals surface area contributed by atoms with Crippen molar-refractivity contribution in [1.82, 2.24) is 9.88 Å². The highest BCUT2D eigenvalue weighted by Gasteiger charge is 2.24. The Hall–Kier alpha value is -3.13. The molecular formula is C25H33N5O3. The zero-order chi connectivity index (χ0) is 23.0. The number of likely N-dealkylation sites (N-methyl/N-ethyl adjacent to an activating group) is 1. The van der Waals surface area contributed by atoms with Crippen molar-refractivity contribution in [3.05, 3.63) is 48.2 Å². The molecule has 0 spiro atoms. The molecule has 1 aromatic carbocycles. The highest BCUT2D eigenvalue weighted by Crippen LogP contribution is 2.23. The normalized spacial score (nSPS) is 16.4. The maximum Gasteiger partial charge on any atom is 0.258 e. The summed E-state index contributed by atoms with van der Waals surface area (Å²) in [5, 5.41) is 2.92. The van der Waals surface area contributed by atoms with Gasteiger partial charge in [0.2, 0.25) is 5.91 Å². The maximum atomic E-state index is 13.3. The summed E-state index contributed by atoms with van der Waals surface area (Å²) < 4.78 is 5.40. The summed E-state index contributed by atoms with van der Waals surface area (Å²) in [4.78, 5) is 36.6. The van der Waals surface area contributed by atoms with Crippen LogP contribution in [0.3, 0.4) is 0 Å². The molecule has 0 saturated carbocycles. The Kier molecular flexibility index (Phi) is 7.78. The second-order valence-electron chi connectivity index (χ2n) is 8.44. The number of hydrogen-bond donors (Lipinski definition) is 1. The third-order valence-electron chi connectivity index (χ3n) is 6.20. The molecule has 8 nitrogen and oxygen atoms in total. The van der Waals surface area contributed by atoms with E-state index in [1.165, 1.54) is 6.42 Å². The average molecular weight is 452 g/mol. The zero-order valence-corrected chi connectivity index (χ0v) is 19.3. The van der Waals surface area contributed by atoms with E-state index in [0.29, 0.717) is 12.1 Å². The van der Waals surface area contributed by atoms with Crippen LogP contribution in [0, 0.1) is 0 Å². The van der Waals surface area contributed by atoms with Crippen molar-refractivity contribution in [3.8, 4) is 0 Å². The van der Waals surface area contributed by atoms with Gasteiger partial charge in [0.1, 0.15) is 12.4 Å². The molecule has 2 fully saturated rings. The molecule has 176 valence electrons. The molecule has 1 N–H and O–H groups in total. The maximum absolute atomic E-state index is 13.3. The number of nitrogens with one attached hydrogen (secondary N) is 1. The van der Waals surface area contributed by atoms with E-state index in [2.05, 4.69) is 20.1 Å².